The van der Waals surface area contributed by atoms with Crippen LogP contribution in [0.5, 0.6) is 0 Å². The van der Waals surface area contributed by atoms with Crippen LogP contribution in [0.4, 0.5) is 0 Å². The minimum absolute atomic E-state index is 0.409. The predicted octanol–water partition coefficient (Wildman–Crippen LogP) is 3.82. The molecule has 0 saturated carbocycles. The molecule has 0 bridgehead atoms. The molecule has 0 radical (unpaired) electrons. The zero-order chi connectivity index (χ0) is 11.3. The predicted molar refractivity (Wildman–Crippen MR) is 66.4 cm³/mol. The number of benzene rings is 1. The minimum atomic E-state index is 0.409. The summed E-state index contributed by atoms with van der Waals surface area (Å²) in [6, 6.07) is 9.73. The molecule has 1 aromatic carbocycles. The normalized spacial score (nSPS) is 11.5. The van der Waals surface area contributed by atoms with Gasteiger partial charge in [0.2, 0.25) is 0 Å². The molecule has 1 heteroatoms. The fourth-order valence-corrected chi connectivity index (χ4v) is 1.33. The summed E-state index contributed by atoms with van der Waals surface area (Å²) in [6.45, 7) is 7.97. The van der Waals surface area contributed by atoms with E-state index < -0.39 is 0 Å². The first-order valence-electron chi connectivity index (χ1n) is 5.13. The van der Waals surface area contributed by atoms with Crippen LogP contribution >= 0.6 is 0 Å². The number of rotatable bonds is 4. The lowest BCUT2D eigenvalue weighted by atomic mass is 9.99. The third-order valence-electron chi connectivity index (χ3n) is 2.30. The lowest BCUT2D eigenvalue weighted by Crippen LogP contribution is -1.99. The van der Waals surface area contributed by atoms with Crippen LogP contribution in [-0.2, 0) is 0 Å². The number of hydrogen-bond donors (Lipinski definition) is 1. The SMILES string of the molecule is C=C/C(=C\C(=N)c1ccccc1)C(C)C. The van der Waals surface area contributed by atoms with Crippen LogP contribution in [0.25, 0.3) is 0 Å². The first-order valence-corrected chi connectivity index (χ1v) is 5.13. The standard InChI is InChI=1S/C14H17N/c1-4-12(11(2)3)10-14(15)13-8-6-5-7-9-13/h4-11,15H,1H2,2-3H3/b12-10+,15-14?. The monoisotopic (exact) mass is 199 g/mol. The molecule has 0 amide bonds. The van der Waals surface area contributed by atoms with E-state index in [1.54, 1.807) is 0 Å². The molecule has 1 N–H and O–H groups in total. The van der Waals surface area contributed by atoms with Crippen LogP contribution in [0, 0.1) is 11.3 Å². The topological polar surface area (TPSA) is 23.9 Å². The van der Waals surface area contributed by atoms with Gasteiger partial charge in [-0.15, -0.1) is 0 Å². The highest BCUT2D eigenvalue weighted by molar-refractivity contribution is 6.07. The maximum atomic E-state index is 7.93. The van der Waals surface area contributed by atoms with E-state index in [9.17, 15) is 0 Å². The zero-order valence-corrected chi connectivity index (χ0v) is 9.33. The van der Waals surface area contributed by atoms with Gasteiger partial charge in [0.05, 0.1) is 5.71 Å². The molecule has 0 aromatic heterocycles. The van der Waals surface area contributed by atoms with Gasteiger partial charge in [-0.2, -0.15) is 0 Å². The van der Waals surface area contributed by atoms with Gasteiger partial charge in [-0.3, -0.25) is 0 Å². The summed E-state index contributed by atoms with van der Waals surface area (Å²) in [7, 11) is 0. The van der Waals surface area contributed by atoms with Crippen LogP contribution in [0.15, 0.2) is 54.6 Å². The third-order valence-corrected chi connectivity index (χ3v) is 2.30. The van der Waals surface area contributed by atoms with Crippen LogP contribution in [-0.4, -0.2) is 5.71 Å². The molecule has 0 aliphatic heterocycles. The molecule has 0 spiro atoms. The summed E-state index contributed by atoms with van der Waals surface area (Å²) in [5, 5.41) is 7.93. The van der Waals surface area contributed by atoms with Gasteiger partial charge in [0.25, 0.3) is 0 Å². The minimum Gasteiger partial charge on any atom is -0.300 e. The first kappa shape index (κ1) is 11.4. The lowest BCUT2D eigenvalue weighted by molar-refractivity contribution is 0.793. The van der Waals surface area contributed by atoms with Gasteiger partial charge >= 0.3 is 0 Å². The summed E-state index contributed by atoms with van der Waals surface area (Å²) in [5.41, 5.74) is 2.58. The highest BCUT2D eigenvalue weighted by Crippen LogP contribution is 2.12. The second-order valence-corrected chi connectivity index (χ2v) is 3.78. The van der Waals surface area contributed by atoms with Crippen molar-refractivity contribution in [2.45, 2.75) is 13.8 Å². The average molecular weight is 199 g/mol. The van der Waals surface area contributed by atoms with E-state index in [0.717, 1.165) is 11.1 Å². The molecule has 0 unspecified atom stereocenters. The van der Waals surface area contributed by atoms with E-state index in [-0.39, 0.29) is 0 Å². The Balaban J connectivity index is 2.92. The molecule has 0 saturated heterocycles. The molecule has 0 aliphatic rings. The van der Waals surface area contributed by atoms with Crippen molar-refractivity contribution in [3.05, 3.63) is 60.2 Å². The van der Waals surface area contributed by atoms with Gasteiger partial charge in [0.1, 0.15) is 0 Å². The van der Waals surface area contributed by atoms with E-state index in [2.05, 4.69) is 20.4 Å². The molecule has 0 fully saturated rings. The Hall–Kier alpha value is -1.63. The largest absolute Gasteiger partial charge is 0.300 e. The summed E-state index contributed by atoms with van der Waals surface area (Å²) in [6.07, 6.45) is 3.70. The first-order chi connectivity index (χ1) is 7.15. The van der Waals surface area contributed by atoms with Gasteiger partial charge in [0.15, 0.2) is 0 Å². The van der Waals surface area contributed by atoms with E-state index in [1.807, 2.05) is 42.5 Å². The Morgan fingerprint density at radius 2 is 1.87 bits per heavy atom. The Kier molecular flexibility index (Phi) is 4.04. The molecule has 1 nitrogen and oxygen atoms in total. The molecule has 15 heavy (non-hydrogen) atoms. The fourth-order valence-electron chi connectivity index (χ4n) is 1.33. The van der Waals surface area contributed by atoms with Crippen LogP contribution in [0.2, 0.25) is 0 Å². The Labute approximate surface area is 91.7 Å². The summed E-state index contributed by atoms with van der Waals surface area (Å²) in [5.74, 6) is 0.409. The fraction of sp³-hybridized carbons (Fsp3) is 0.214. The van der Waals surface area contributed by atoms with Gasteiger partial charge in [-0.25, -0.2) is 0 Å². The van der Waals surface area contributed by atoms with E-state index >= 15 is 0 Å². The summed E-state index contributed by atoms with van der Waals surface area (Å²) < 4.78 is 0. The maximum Gasteiger partial charge on any atom is 0.0615 e. The van der Waals surface area contributed by atoms with Crippen molar-refractivity contribution in [1.29, 1.82) is 5.41 Å². The van der Waals surface area contributed by atoms with Gasteiger partial charge < -0.3 is 5.41 Å². The smallest absolute Gasteiger partial charge is 0.0615 e. The van der Waals surface area contributed by atoms with E-state index in [0.29, 0.717) is 11.6 Å². The van der Waals surface area contributed by atoms with Crippen LogP contribution in [0.3, 0.4) is 0 Å². The van der Waals surface area contributed by atoms with Crippen LogP contribution < -0.4 is 0 Å². The Bertz CT molecular complexity index is 372. The number of hydrogen-bond acceptors (Lipinski definition) is 1. The molecule has 0 aliphatic carbocycles. The van der Waals surface area contributed by atoms with Crippen molar-refractivity contribution in [2.24, 2.45) is 5.92 Å². The molecule has 1 aromatic rings. The highest BCUT2D eigenvalue weighted by atomic mass is 14.4. The van der Waals surface area contributed by atoms with Gasteiger partial charge in [-0.1, -0.05) is 56.8 Å². The zero-order valence-electron chi connectivity index (χ0n) is 9.33. The summed E-state index contributed by atoms with van der Waals surface area (Å²) >= 11 is 0. The van der Waals surface area contributed by atoms with Crippen LogP contribution in [0.1, 0.15) is 19.4 Å². The number of nitrogens with one attached hydrogen (secondary N) is 1. The van der Waals surface area contributed by atoms with Gasteiger partial charge in [0, 0.05) is 0 Å². The number of allylic oxidation sites excluding steroid dienone is 3. The third kappa shape index (κ3) is 3.21. The second kappa shape index (κ2) is 5.30. The van der Waals surface area contributed by atoms with Crippen molar-refractivity contribution in [1.82, 2.24) is 0 Å². The van der Waals surface area contributed by atoms with Crippen molar-refractivity contribution < 1.29 is 0 Å². The van der Waals surface area contributed by atoms with Crippen molar-refractivity contribution in [3.63, 3.8) is 0 Å². The summed E-state index contributed by atoms with van der Waals surface area (Å²) in [4.78, 5) is 0. The average Bonchev–Trinajstić information content (AvgIpc) is 2.26. The molecule has 0 heterocycles. The van der Waals surface area contributed by atoms with E-state index in [1.165, 1.54) is 0 Å². The molecule has 0 atom stereocenters. The van der Waals surface area contributed by atoms with E-state index in [4.69, 9.17) is 5.41 Å². The van der Waals surface area contributed by atoms with Crippen molar-refractivity contribution in [2.75, 3.05) is 0 Å². The molecule has 1 rings (SSSR count). The highest BCUT2D eigenvalue weighted by Gasteiger charge is 2.01. The quantitative estimate of drug-likeness (QED) is 0.563. The van der Waals surface area contributed by atoms with Crippen molar-refractivity contribution >= 4 is 5.71 Å². The molecule has 78 valence electrons. The second-order valence-electron chi connectivity index (χ2n) is 3.78. The van der Waals surface area contributed by atoms with Gasteiger partial charge in [-0.05, 0) is 23.1 Å². The van der Waals surface area contributed by atoms with Crippen molar-refractivity contribution in [3.8, 4) is 0 Å². The Morgan fingerprint density at radius 3 is 2.33 bits per heavy atom. The maximum absolute atomic E-state index is 7.93. The molecular formula is C14H17N. The lowest BCUT2D eigenvalue weighted by Gasteiger charge is -2.06. The molecular weight excluding hydrogens is 182 g/mol. The Morgan fingerprint density at radius 1 is 1.27 bits per heavy atom.